The second kappa shape index (κ2) is 1.86. The minimum absolute atomic E-state index is 0.208. The second-order valence-electron chi connectivity index (χ2n) is 1.43. The van der Waals surface area contributed by atoms with E-state index in [1.165, 1.54) is 0 Å². The molecule has 1 aromatic heterocycles. The van der Waals surface area contributed by atoms with E-state index in [1.54, 1.807) is 0 Å². The Morgan fingerprint density at radius 1 is 1.60 bits per heavy atom. The van der Waals surface area contributed by atoms with E-state index in [-0.39, 0.29) is 6.20 Å². The Labute approximate surface area is 52.5 Å². The van der Waals surface area contributed by atoms with Gasteiger partial charge in [-0.1, -0.05) is 0 Å². The van der Waals surface area contributed by atoms with Crippen molar-refractivity contribution in [3.05, 3.63) is 6.20 Å². The molecule has 0 aliphatic rings. The third kappa shape index (κ3) is 1.17. The van der Waals surface area contributed by atoms with Crippen molar-refractivity contribution in [3.8, 4) is 5.95 Å². The van der Waals surface area contributed by atoms with Crippen LogP contribution < -0.4 is 9.79 Å². The van der Waals surface area contributed by atoms with E-state index in [0.29, 0.717) is 0 Å². The average Bonchev–Trinajstić information content (AvgIpc) is 2.11. The third-order valence-corrected chi connectivity index (χ3v) is 0.706. The predicted octanol–water partition coefficient (Wildman–Crippen LogP) is -0.488. The first-order chi connectivity index (χ1) is 4.50. The smallest absolute Gasteiger partial charge is 0.539 e. The van der Waals surface area contributed by atoms with Gasteiger partial charge in [0.1, 0.15) is 5.95 Å². The average molecular weight is 154 g/mol. The maximum Gasteiger partial charge on any atom is 0.663 e. The van der Waals surface area contributed by atoms with Crippen molar-refractivity contribution in [1.82, 2.24) is 5.27 Å². The standard InChI is InChI=1S/C3HF3N2O2/c4-3(5,6)8-1-2(9)10-7-8/h1H. The van der Waals surface area contributed by atoms with Crippen LogP contribution in [0.1, 0.15) is 0 Å². The maximum atomic E-state index is 11.5. The van der Waals surface area contributed by atoms with Gasteiger partial charge in [-0.15, -0.1) is 13.2 Å². The lowest BCUT2D eigenvalue weighted by Crippen LogP contribution is -2.48. The maximum absolute atomic E-state index is 11.5. The van der Waals surface area contributed by atoms with Crippen LogP contribution in [0.25, 0.3) is 0 Å². The van der Waals surface area contributed by atoms with Gasteiger partial charge in [0, 0.05) is 4.68 Å². The highest BCUT2D eigenvalue weighted by Gasteiger charge is 2.44. The summed E-state index contributed by atoms with van der Waals surface area (Å²) < 4.78 is 37.6. The van der Waals surface area contributed by atoms with Gasteiger partial charge in [-0.2, -0.15) is 0 Å². The molecule has 0 spiro atoms. The monoisotopic (exact) mass is 154 g/mol. The third-order valence-electron chi connectivity index (χ3n) is 0.706. The lowest BCUT2D eigenvalue weighted by Gasteiger charge is -1.89. The lowest BCUT2D eigenvalue weighted by molar-refractivity contribution is -0.901. The van der Waals surface area contributed by atoms with Crippen molar-refractivity contribution >= 4 is 0 Å². The lowest BCUT2D eigenvalue weighted by atomic mass is 10.8. The Morgan fingerprint density at radius 3 is 2.40 bits per heavy atom. The number of aromatic nitrogens is 2. The van der Waals surface area contributed by atoms with E-state index in [2.05, 4.69) is 9.79 Å². The molecule has 1 aromatic rings. The summed E-state index contributed by atoms with van der Waals surface area (Å²) in [5.41, 5.74) is 0. The molecule has 0 fully saturated rings. The van der Waals surface area contributed by atoms with Gasteiger partial charge in [-0.25, -0.2) is 0 Å². The fraction of sp³-hybridized carbons (Fsp3) is 0.333. The summed E-state index contributed by atoms with van der Waals surface area (Å²) in [5, 5.41) is 12.4. The zero-order valence-corrected chi connectivity index (χ0v) is 4.42. The van der Waals surface area contributed by atoms with Crippen LogP contribution in [0, 0.1) is 0 Å². The highest BCUT2D eigenvalue weighted by Crippen LogP contribution is 2.13. The molecular weight excluding hydrogens is 153 g/mol. The van der Waals surface area contributed by atoms with Gasteiger partial charge in [-0.3, -0.25) is 0 Å². The highest BCUT2D eigenvalue weighted by atomic mass is 19.4. The Kier molecular flexibility index (Phi) is 1.27. The van der Waals surface area contributed by atoms with Gasteiger partial charge in [0.25, 0.3) is 0 Å². The molecule has 0 bridgehead atoms. The van der Waals surface area contributed by atoms with Crippen molar-refractivity contribution in [2.24, 2.45) is 0 Å². The van der Waals surface area contributed by atoms with Gasteiger partial charge in [0.05, 0.1) is 5.27 Å². The van der Waals surface area contributed by atoms with Crippen LogP contribution in [-0.2, 0) is 6.30 Å². The Hall–Kier alpha value is -1.27. The molecule has 0 aliphatic carbocycles. The van der Waals surface area contributed by atoms with E-state index < -0.39 is 16.9 Å². The van der Waals surface area contributed by atoms with Crippen molar-refractivity contribution in [2.75, 3.05) is 0 Å². The molecule has 0 atom stereocenters. The summed E-state index contributed by atoms with van der Waals surface area (Å²) in [5.74, 6) is -1.13. The van der Waals surface area contributed by atoms with Gasteiger partial charge < -0.3 is 9.63 Å². The molecule has 0 saturated heterocycles. The van der Waals surface area contributed by atoms with Crippen molar-refractivity contribution in [3.63, 3.8) is 0 Å². The zero-order chi connectivity index (χ0) is 7.78. The molecule has 0 radical (unpaired) electrons. The van der Waals surface area contributed by atoms with Crippen LogP contribution in [0.4, 0.5) is 13.2 Å². The van der Waals surface area contributed by atoms with Crippen LogP contribution in [0.3, 0.4) is 0 Å². The van der Waals surface area contributed by atoms with Gasteiger partial charge in [-0.05, 0) is 0 Å². The van der Waals surface area contributed by atoms with Gasteiger partial charge in [0.2, 0.25) is 6.20 Å². The van der Waals surface area contributed by atoms with E-state index in [4.69, 9.17) is 0 Å². The molecule has 7 heteroatoms. The first kappa shape index (κ1) is 6.84. The molecule has 0 unspecified atom stereocenters. The molecule has 0 saturated carbocycles. The molecule has 4 nitrogen and oxygen atoms in total. The molecule has 0 aromatic carbocycles. The quantitative estimate of drug-likeness (QED) is 0.474. The van der Waals surface area contributed by atoms with Crippen molar-refractivity contribution in [2.45, 2.75) is 6.30 Å². The zero-order valence-electron chi connectivity index (χ0n) is 4.42. The Morgan fingerprint density at radius 2 is 2.20 bits per heavy atom. The minimum Gasteiger partial charge on any atom is -0.539 e. The second-order valence-corrected chi connectivity index (χ2v) is 1.43. The molecule has 1 rings (SSSR count). The Bertz CT molecular complexity index is 230. The van der Waals surface area contributed by atoms with Crippen LogP contribution in [0.2, 0.25) is 0 Å². The fourth-order valence-electron chi connectivity index (χ4n) is 0.351. The summed E-state index contributed by atoms with van der Waals surface area (Å²) in [6.45, 7) is 0. The summed E-state index contributed by atoms with van der Waals surface area (Å²) >= 11 is 0. The number of nitrogens with zero attached hydrogens (tertiary/aromatic N) is 2. The van der Waals surface area contributed by atoms with Crippen LogP contribution in [0.5, 0.6) is 5.95 Å². The topological polar surface area (TPSA) is 53.0 Å². The molecule has 56 valence electrons. The van der Waals surface area contributed by atoms with Crippen LogP contribution >= 0.6 is 0 Å². The van der Waals surface area contributed by atoms with Crippen molar-refractivity contribution in [1.29, 1.82) is 0 Å². The number of alkyl halides is 3. The molecule has 0 N–H and O–H groups in total. The summed E-state index contributed by atoms with van der Waals surface area (Å²) in [6.07, 6.45) is -4.47. The van der Waals surface area contributed by atoms with E-state index in [1.807, 2.05) is 0 Å². The fourth-order valence-corrected chi connectivity index (χ4v) is 0.351. The van der Waals surface area contributed by atoms with E-state index in [0.717, 1.165) is 0 Å². The summed E-state index contributed by atoms with van der Waals surface area (Å²) in [7, 11) is 0. The van der Waals surface area contributed by atoms with Crippen LogP contribution in [-0.4, -0.2) is 5.27 Å². The normalized spacial score (nSPS) is 11.9. The van der Waals surface area contributed by atoms with Crippen molar-refractivity contribution < 1.29 is 27.5 Å². The van der Waals surface area contributed by atoms with Gasteiger partial charge in [0.15, 0.2) is 0 Å². The SMILES string of the molecule is [O-]c1c[n+](C(F)(F)F)no1. The number of hydrogen-bond donors (Lipinski definition) is 0. The summed E-state index contributed by atoms with van der Waals surface area (Å²) in [6, 6.07) is 0. The minimum atomic E-state index is -4.67. The molecule has 0 aliphatic heterocycles. The number of rotatable bonds is 0. The number of hydrogen-bond acceptors (Lipinski definition) is 3. The summed E-state index contributed by atoms with van der Waals surface area (Å²) in [4.78, 5) is 0. The first-order valence-electron chi connectivity index (χ1n) is 2.13. The Balaban J connectivity index is 2.96. The van der Waals surface area contributed by atoms with Gasteiger partial charge >= 0.3 is 6.30 Å². The largest absolute Gasteiger partial charge is 0.663 e. The highest BCUT2D eigenvalue weighted by molar-refractivity contribution is 4.80. The predicted molar refractivity (Wildman–Crippen MR) is 17.4 cm³/mol. The molecule has 1 heterocycles. The molecule has 0 amide bonds. The van der Waals surface area contributed by atoms with E-state index >= 15 is 0 Å². The van der Waals surface area contributed by atoms with Crippen LogP contribution in [0.15, 0.2) is 10.7 Å². The molecular formula is C3HF3N2O2. The first-order valence-corrected chi connectivity index (χ1v) is 2.13. The van der Waals surface area contributed by atoms with E-state index in [9.17, 15) is 18.3 Å². The number of halogens is 3. The molecule has 10 heavy (non-hydrogen) atoms.